The number of anilines is 2. The van der Waals surface area contributed by atoms with Crippen LogP contribution in [0.1, 0.15) is 26.7 Å². The molecule has 1 aliphatic rings. The number of rotatable bonds is 6. The molecule has 0 saturated heterocycles. The van der Waals surface area contributed by atoms with Crippen molar-refractivity contribution in [2.45, 2.75) is 32.2 Å². The first kappa shape index (κ1) is 15.7. The van der Waals surface area contributed by atoms with Crippen molar-refractivity contribution in [2.24, 2.45) is 0 Å². The van der Waals surface area contributed by atoms with Crippen LogP contribution >= 0.6 is 0 Å². The SMILES string of the molecule is CC1(C)CN(CCCCOc2ccccc2)c2ccccc2N1. The maximum atomic E-state index is 5.77. The first-order chi connectivity index (χ1) is 11.1. The Labute approximate surface area is 139 Å². The van der Waals surface area contributed by atoms with Gasteiger partial charge in [0.25, 0.3) is 0 Å². The minimum Gasteiger partial charge on any atom is -0.494 e. The Balaban J connectivity index is 1.50. The van der Waals surface area contributed by atoms with Crippen LogP contribution in [0.3, 0.4) is 0 Å². The van der Waals surface area contributed by atoms with Crippen molar-refractivity contribution in [1.29, 1.82) is 0 Å². The van der Waals surface area contributed by atoms with Gasteiger partial charge in [-0.3, -0.25) is 0 Å². The molecule has 23 heavy (non-hydrogen) atoms. The number of hydrogen-bond donors (Lipinski definition) is 1. The first-order valence-electron chi connectivity index (χ1n) is 8.44. The minimum absolute atomic E-state index is 0.106. The highest BCUT2D eigenvalue weighted by Gasteiger charge is 2.28. The maximum absolute atomic E-state index is 5.77. The minimum atomic E-state index is 0.106. The molecule has 3 rings (SSSR count). The van der Waals surface area contributed by atoms with Crippen molar-refractivity contribution in [3.63, 3.8) is 0 Å². The second kappa shape index (κ2) is 6.95. The molecular weight excluding hydrogens is 284 g/mol. The van der Waals surface area contributed by atoms with Gasteiger partial charge in [-0.25, -0.2) is 0 Å². The summed E-state index contributed by atoms with van der Waals surface area (Å²) in [5, 5.41) is 3.62. The van der Waals surface area contributed by atoms with E-state index in [-0.39, 0.29) is 5.54 Å². The van der Waals surface area contributed by atoms with Gasteiger partial charge in [-0.1, -0.05) is 30.3 Å². The van der Waals surface area contributed by atoms with Gasteiger partial charge < -0.3 is 15.0 Å². The summed E-state index contributed by atoms with van der Waals surface area (Å²) in [6, 6.07) is 18.6. The van der Waals surface area contributed by atoms with E-state index in [1.54, 1.807) is 0 Å². The number of para-hydroxylation sites is 3. The zero-order valence-corrected chi connectivity index (χ0v) is 14.1. The average molecular weight is 310 g/mol. The summed E-state index contributed by atoms with van der Waals surface area (Å²) in [5.41, 5.74) is 2.66. The zero-order chi connectivity index (χ0) is 16.1. The van der Waals surface area contributed by atoms with Crippen LogP contribution in [0.15, 0.2) is 54.6 Å². The van der Waals surface area contributed by atoms with Crippen LogP contribution in [0, 0.1) is 0 Å². The molecule has 0 fully saturated rings. The van der Waals surface area contributed by atoms with E-state index in [2.05, 4.69) is 48.3 Å². The van der Waals surface area contributed by atoms with Gasteiger partial charge in [0.05, 0.1) is 18.0 Å². The van der Waals surface area contributed by atoms with Crippen LogP contribution in [0.5, 0.6) is 5.75 Å². The quantitative estimate of drug-likeness (QED) is 0.792. The lowest BCUT2D eigenvalue weighted by atomic mass is 9.99. The number of nitrogens with one attached hydrogen (secondary N) is 1. The van der Waals surface area contributed by atoms with E-state index < -0.39 is 0 Å². The summed E-state index contributed by atoms with van der Waals surface area (Å²) >= 11 is 0. The molecule has 1 N–H and O–H groups in total. The average Bonchev–Trinajstić information content (AvgIpc) is 2.54. The Morgan fingerprint density at radius 3 is 2.57 bits per heavy atom. The lowest BCUT2D eigenvalue weighted by molar-refractivity contribution is 0.307. The molecule has 0 bridgehead atoms. The van der Waals surface area contributed by atoms with E-state index in [4.69, 9.17) is 4.74 Å². The molecule has 3 nitrogen and oxygen atoms in total. The molecule has 1 heterocycles. The Bertz CT molecular complexity index is 625. The Morgan fingerprint density at radius 2 is 1.74 bits per heavy atom. The van der Waals surface area contributed by atoms with Crippen molar-refractivity contribution in [1.82, 2.24) is 0 Å². The predicted octanol–water partition coefficient (Wildman–Crippen LogP) is 4.56. The number of unbranched alkanes of at least 4 members (excludes halogenated alkanes) is 1. The topological polar surface area (TPSA) is 24.5 Å². The summed E-state index contributed by atoms with van der Waals surface area (Å²) < 4.78 is 5.77. The van der Waals surface area contributed by atoms with Crippen LogP contribution in [0.2, 0.25) is 0 Å². The van der Waals surface area contributed by atoms with Crippen molar-refractivity contribution in [3.05, 3.63) is 54.6 Å². The highest BCUT2D eigenvalue weighted by molar-refractivity contribution is 5.73. The third kappa shape index (κ3) is 4.19. The van der Waals surface area contributed by atoms with E-state index >= 15 is 0 Å². The summed E-state index contributed by atoms with van der Waals surface area (Å²) in [6.07, 6.45) is 2.21. The van der Waals surface area contributed by atoms with E-state index in [1.165, 1.54) is 11.4 Å². The third-order valence-corrected chi connectivity index (χ3v) is 4.14. The molecule has 0 atom stereocenters. The Morgan fingerprint density at radius 1 is 1.00 bits per heavy atom. The fourth-order valence-electron chi connectivity index (χ4n) is 3.13. The Hall–Kier alpha value is -2.16. The molecule has 0 spiro atoms. The monoisotopic (exact) mass is 310 g/mol. The van der Waals surface area contributed by atoms with Crippen LogP contribution in [0.25, 0.3) is 0 Å². The molecule has 0 radical (unpaired) electrons. The van der Waals surface area contributed by atoms with E-state index in [1.807, 2.05) is 30.3 Å². The van der Waals surface area contributed by atoms with Gasteiger partial charge in [-0.05, 0) is 51.0 Å². The molecule has 0 aliphatic carbocycles. The summed E-state index contributed by atoms with van der Waals surface area (Å²) in [5.74, 6) is 0.959. The van der Waals surface area contributed by atoms with Gasteiger partial charge >= 0.3 is 0 Å². The van der Waals surface area contributed by atoms with E-state index in [0.717, 1.165) is 38.3 Å². The fourth-order valence-corrected chi connectivity index (χ4v) is 3.13. The smallest absolute Gasteiger partial charge is 0.119 e. The van der Waals surface area contributed by atoms with Gasteiger partial charge in [-0.2, -0.15) is 0 Å². The van der Waals surface area contributed by atoms with Gasteiger partial charge in [0.1, 0.15) is 5.75 Å². The van der Waals surface area contributed by atoms with Gasteiger partial charge in [0.2, 0.25) is 0 Å². The number of ether oxygens (including phenoxy) is 1. The lowest BCUT2D eigenvalue weighted by Crippen LogP contribution is -2.48. The first-order valence-corrected chi connectivity index (χ1v) is 8.44. The van der Waals surface area contributed by atoms with Crippen LogP contribution in [-0.4, -0.2) is 25.2 Å². The molecule has 122 valence electrons. The number of fused-ring (bicyclic) bond motifs is 1. The Kier molecular flexibility index (Phi) is 4.75. The summed E-state index contributed by atoms with van der Waals surface area (Å²) in [4.78, 5) is 2.49. The van der Waals surface area contributed by atoms with Gasteiger partial charge in [0, 0.05) is 18.6 Å². The molecule has 1 aliphatic heterocycles. The van der Waals surface area contributed by atoms with Crippen molar-refractivity contribution in [3.8, 4) is 5.75 Å². The number of nitrogens with zero attached hydrogens (tertiary/aromatic N) is 1. The zero-order valence-electron chi connectivity index (χ0n) is 14.1. The summed E-state index contributed by atoms with van der Waals surface area (Å²) in [6.45, 7) is 7.40. The standard InChI is InChI=1S/C20H26N2O/c1-20(2)16-22(19-13-7-6-12-18(19)21-20)14-8-9-15-23-17-10-4-3-5-11-17/h3-7,10-13,21H,8-9,14-16H2,1-2H3. The molecule has 3 heteroatoms. The molecular formula is C20H26N2O. The van der Waals surface area contributed by atoms with E-state index in [9.17, 15) is 0 Å². The van der Waals surface area contributed by atoms with Crippen molar-refractivity contribution < 1.29 is 4.74 Å². The summed E-state index contributed by atoms with van der Waals surface area (Å²) in [7, 11) is 0. The number of hydrogen-bond acceptors (Lipinski definition) is 3. The molecule has 0 amide bonds. The van der Waals surface area contributed by atoms with Crippen molar-refractivity contribution >= 4 is 11.4 Å². The third-order valence-electron chi connectivity index (χ3n) is 4.14. The normalized spacial score (nSPS) is 15.7. The maximum Gasteiger partial charge on any atom is 0.119 e. The second-order valence-corrected chi connectivity index (χ2v) is 6.82. The van der Waals surface area contributed by atoms with Crippen LogP contribution in [0.4, 0.5) is 11.4 Å². The lowest BCUT2D eigenvalue weighted by Gasteiger charge is -2.42. The second-order valence-electron chi connectivity index (χ2n) is 6.82. The molecule has 0 aromatic heterocycles. The van der Waals surface area contributed by atoms with Gasteiger partial charge in [0.15, 0.2) is 0 Å². The highest BCUT2D eigenvalue weighted by atomic mass is 16.5. The molecule has 2 aromatic rings. The molecule has 0 saturated carbocycles. The van der Waals surface area contributed by atoms with E-state index in [0.29, 0.717) is 0 Å². The highest BCUT2D eigenvalue weighted by Crippen LogP contribution is 2.34. The fraction of sp³-hybridized carbons (Fsp3) is 0.400. The molecule has 2 aromatic carbocycles. The molecule has 0 unspecified atom stereocenters. The largest absolute Gasteiger partial charge is 0.494 e. The van der Waals surface area contributed by atoms with Crippen LogP contribution < -0.4 is 15.0 Å². The predicted molar refractivity (Wildman–Crippen MR) is 97.5 cm³/mol. The number of benzene rings is 2. The van der Waals surface area contributed by atoms with Gasteiger partial charge in [-0.15, -0.1) is 0 Å². The van der Waals surface area contributed by atoms with Crippen LogP contribution in [-0.2, 0) is 0 Å². The van der Waals surface area contributed by atoms with Crippen molar-refractivity contribution in [2.75, 3.05) is 29.9 Å².